The molecule has 0 unspecified atom stereocenters. The van der Waals surface area contributed by atoms with Crippen molar-refractivity contribution in [3.05, 3.63) is 12.2 Å². The predicted molar refractivity (Wildman–Crippen MR) is 100 cm³/mol. The van der Waals surface area contributed by atoms with Gasteiger partial charge in [-0.05, 0) is 0 Å². The molecule has 25 heavy (non-hydrogen) atoms. The molecule has 0 aromatic rings. The Hall–Kier alpha value is 0.545. The Labute approximate surface area is 171 Å². The molecule has 3 atom stereocenters. The number of hydrogen-bond donors (Lipinski definition) is 0. The third-order valence-electron chi connectivity index (χ3n) is 4.77. The van der Waals surface area contributed by atoms with Crippen LogP contribution in [0.25, 0.3) is 0 Å². The average Bonchev–Trinajstić information content (AvgIpc) is 3.02. The monoisotopic (exact) mass is 606 g/mol. The van der Waals surface area contributed by atoms with E-state index in [0.29, 0.717) is 16.0 Å². The zero-order valence-corrected chi connectivity index (χ0v) is 23.0. The van der Waals surface area contributed by atoms with Crippen LogP contribution in [0.4, 0.5) is 0 Å². The van der Waals surface area contributed by atoms with Crippen LogP contribution in [-0.4, -0.2) is 25.3 Å². The number of carbonyl (C=O) groups excluding carboxylic acids is 1. The van der Waals surface area contributed by atoms with Crippen LogP contribution in [0, 0.1) is 0 Å². The number of halogens is 1. The topological polar surface area (TPSA) is 44.8 Å². The first-order valence-electron chi connectivity index (χ1n) is 9.84. The maximum atomic E-state index is 11.0. The molecule has 1 heterocycles. The second-order valence-corrected chi connectivity index (χ2v) is 17.4. The standard InChI is InChI=1S/C19H33O4.BrH.Hg/c1-3-4-10-13-17-16-18(23-22-17)14-11-8-6-5-7-9-12-15-19(20)21-2;;/h11,14,16-18H,3-10,12-13,15H2,1-2H3;1H;/q;;+1/p-1/b14-11-;;/t17-,18+;;/m0../s1. The van der Waals surface area contributed by atoms with Crippen LogP contribution in [0.5, 0.6) is 0 Å². The van der Waals surface area contributed by atoms with E-state index in [1.807, 2.05) is 0 Å². The second-order valence-electron chi connectivity index (χ2n) is 6.82. The first-order chi connectivity index (χ1) is 12.2. The van der Waals surface area contributed by atoms with Crippen molar-refractivity contribution in [2.75, 3.05) is 7.11 Å². The van der Waals surface area contributed by atoms with Gasteiger partial charge in [0.2, 0.25) is 0 Å². The summed E-state index contributed by atoms with van der Waals surface area (Å²) in [6.07, 6.45) is 17.2. The van der Waals surface area contributed by atoms with Gasteiger partial charge in [0.25, 0.3) is 0 Å². The fourth-order valence-corrected chi connectivity index (χ4v) is 13.6. The molecule has 0 radical (unpaired) electrons. The van der Waals surface area contributed by atoms with Crippen molar-refractivity contribution in [1.29, 1.82) is 0 Å². The Morgan fingerprint density at radius 1 is 1.12 bits per heavy atom. The second kappa shape index (κ2) is 15.6. The summed E-state index contributed by atoms with van der Waals surface area (Å²) in [6.45, 7) is 2.23. The van der Waals surface area contributed by atoms with Crippen LogP contribution in [0.1, 0.15) is 77.6 Å². The normalized spacial score (nSPS) is 23.1. The van der Waals surface area contributed by atoms with E-state index >= 15 is 0 Å². The molecule has 0 bridgehead atoms. The van der Waals surface area contributed by atoms with E-state index in [2.05, 4.69) is 35.7 Å². The number of rotatable bonds is 14. The summed E-state index contributed by atoms with van der Waals surface area (Å²) in [5, 5.41) is 0. The van der Waals surface area contributed by atoms with E-state index < -0.39 is 22.1 Å². The third kappa shape index (κ3) is 10.5. The SMILES string of the molecule is CCCCC[C@@H]1OO[C@H](/C=C\CCCCCCCC(=O)OC)[C@H]1[Hg][Br]. The number of ether oxygens (including phenoxy) is 1. The summed E-state index contributed by atoms with van der Waals surface area (Å²) in [4.78, 5) is 22.2. The Balaban J connectivity index is 2.10. The van der Waals surface area contributed by atoms with Gasteiger partial charge in [-0.2, -0.15) is 0 Å². The molecule has 4 nitrogen and oxygen atoms in total. The van der Waals surface area contributed by atoms with Crippen molar-refractivity contribution in [1.82, 2.24) is 0 Å². The third-order valence-corrected chi connectivity index (χ3v) is 16.6. The van der Waals surface area contributed by atoms with Crippen molar-refractivity contribution in [2.45, 2.75) is 93.2 Å². The number of methoxy groups -OCH3 is 1. The average molecular weight is 606 g/mol. The minimum atomic E-state index is -1.07. The molecule has 0 aromatic carbocycles. The van der Waals surface area contributed by atoms with Gasteiger partial charge in [0.05, 0.1) is 7.11 Å². The van der Waals surface area contributed by atoms with Crippen molar-refractivity contribution in [3.8, 4) is 0 Å². The molecule has 0 aliphatic carbocycles. The Morgan fingerprint density at radius 3 is 2.60 bits per heavy atom. The number of hydrogen-bond acceptors (Lipinski definition) is 4. The summed E-state index contributed by atoms with van der Waals surface area (Å²) < 4.78 is 5.27. The Bertz CT molecular complexity index is 378. The maximum absolute atomic E-state index is 11.0. The van der Waals surface area contributed by atoms with E-state index in [4.69, 9.17) is 9.78 Å². The van der Waals surface area contributed by atoms with Crippen LogP contribution in [0.2, 0.25) is 3.43 Å². The van der Waals surface area contributed by atoms with Crippen LogP contribution < -0.4 is 0 Å². The fourth-order valence-electron chi connectivity index (χ4n) is 3.10. The van der Waals surface area contributed by atoms with Crippen LogP contribution in [0.3, 0.4) is 0 Å². The van der Waals surface area contributed by atoms with Gasteiger partial charge in [-0.15, -0.1) is 0 Å². The van der Waals surface area contributed by atoms with E-state index in [0.717, 1.165) is 25.7 Å². The predicted octanol–water partition coefficient (Wildman–Crippen LogP) is 5.91. The van der Waals surface area contributed by atoms with Crippen molar-refractivity contribution < 1.29 is 41.5 Å². The van der Waals surface area contributed by atoms with Gasteiger partial charge < -0.3 is 4.74 Å². The molecule has 1 rings (SSSR count). The van der Waals surface area contributed by atoms with Crippen molar-refractivity contribution >= 4 is 17.9 Å². The first-order valence-corrected chi connectivity index (χ1v) is 24.9. The summed E-state index contributed by atoms with van der Waals surface area (Å²) in [5.74, 6) is -0.0956. The number of unbranched alkanes of at least 4 members (excludes halogenated alkanes) is 7. The van der Waals surface area contributed by atoms with Crippen molar-refractivity contribution in [2.24, 2.45) is 0 Å². The van der Waals surface area contributed by atoms with Crippen molar-refractivity contribution in [3.63, 3.8) is 0 Å². The van der Waals surface area contributed by atoms with E-state index in [1.54, 1.807) is 0 Å². The quantitative estimate of drug-likeness (QED) is 0.0813. The van der Waals surface area contributed by atoms with Gasteiger partial charge in [0.1, 0.15) is 0 Å². The number of carbonyl (C=O) groups is 1. The van der Waals surface area contributed by atoms with Gasteiger partial charge in [0, 0.05) is 0 Å². The van der Waals surface area contributed by atoms with Gasteiger partial charge >= 0.3 is 155 Å². The molecule has 0 saturated carbocycles. The zero-order valence-electron chi connectivity index (χ0n) is 15.9. The van der Waals surface area contributed by atoms with Gasteiger partial charge in [-0.25, -0.2) is 0 Å². The Kier molecular flexibility index (Phi) is 14.7. The first kappa shape index (κ1) is 23.6. The van der Waals surface area contributed by atoms with Crippen LogP contribution >= 0.6 is 11.9 Å². The number of allylic oxidation sites excluding steroid dienone is 1. The molecule has 0 N–H and O–H groups in total. The molecule has 142 valence electrons. The fraction of sp³-hybridized carbons (Fsp3) is 0.842. The zero-order chi connectivity index (χ0) is 18.3. The van der Waals surface area contributed by atoms with Crippen LogP contribution in [-0.2, 0) is 41.5 Å². The molecule has 1 saturated heterocycles. The van der Waals surface area contributed by atoms with E-state index in [9.17, 15) is 4.79 Å². The molecule has 1 fully saturated rings. The molecular formula is C19H33BrHgO4. The molecule has 0 spiro atoms. The molecular weight excluding hydrogens is 573 g/mol. The summed E-state index contributed by atoms with van der Waals surface area (Å²) in [6, 6.07) is 0. The molecule has 1 aliphatic heterocycles. The Morgan fingerprint density at radius 2 is 1.88 bits per heavy atom. The minimum absolute atomic E-state index is 0.0956. The molecule has 0 aromatic heterocycles. The molecule has 6 heteroatoms. The summed E-state index contributed by atoms with van der Waals surface area (Å²) >= 11 is 2.76. The summed E-state index contributed by atoms with van der Waals surface area (Å²) in [7, 11) is 1.45. The van der Waals surface area contributed by atoms with Crippen LogP contribution in [0.15, 0.2) is 12.2 Å². The van der Waals surface area contributed by atoms with Gasteiger partial charge in [-0.3, -0.25) is 4.79 Å². The van der Waals surface area contributed by atoms with Gasteiger partial charge in [0.15, 0.2) is 0 Å². The van der Waals surface area contributed by atoms with E-state index in [-0.39, 0.29) is 12.1 Å². The number of esters is 1. The van der Waals surface area contributed by atoms with Gasteiger partial charge in [-0.1, -0.05) is 0 Å². The summed E-state index contributed by atoms with van der Waals surface area (Å²) in [5.41, 5.74) is 0. The molecule has 1 aliphatic rings. The van der Waals surface area contributed by atoms with E-state index in [1.165, 1.54) is 45.6 Å². The molecule has 0 amide bonds.